The van der Waals surface area contributed by atoms with Crippen LogP contribution in [-0.2, 0) is 13.0 Å². The predicted octanol–water partition coefficient (Wildman–Crippen LogP) is 1.55. The maximum atomic E-state index is 13.2. The number of aryl methyl sites for hydroxylation is 1. The van der Waals surface area contributed by atoms with Crippen LogP contribution in [0.25, 0.3) is 11.0 Å². The van der Waals surface area contributed by atoms with E-state index < -0.39 is 0 Å². The standard InChI is InChI=1S/C16H16FN3O2.H2O/c17-14-3-4-15-12(7-14)6-13(16(21)22-15)10-18-5-1-2-11-8-19-20-9-11;/h3-4,6-9,18H,1-2,5,10H2,(H,19,20);1H2. The van der Waals surface area contributed by atoms with Gasteiger partial charge in [0.05, 0.1) is 11.8 Å². The maximum absolute atomic E-state index is 13.2. The van der Waals surface area contributed by atoms with Gasteiger partial charge in [-0.15, -0.1) is 0 Å². The van der Waals surface area contributed by atoms with Crippen LogP contribution < -0.4 is 10.9 Å². The number of nitrogens with one attached hydrogen (secondary N) is 2. The Bertz CT molecular complexity index is 815. The van der Waals surface area contributed by atoms with Crippen molar-refractivity contribution in [2.75, 3.05) is 6.54 Å². The number of hydrogen-bond donors (Lipinski definition) is 2. The van der Waals surface area contributed by atoms with Crippen molar-refractivity contribution in [1.82, 2.24) is 15.5 Å². The van der Waals surface area contributed by atoms with E-state index in [-0.39, 0.29) is 16.9 Å². The van der Waals surface area contributed by atoms with Gasteiger partial charge in [-0.05, 0) is 49.2 Å². The highest BCUT2D eigenvalue weighted by molar-refractivity contribution is 5.76. The van der Waals surface area contributed by atoms with Crippen molar-refractivity contribution in [3.05, 3.63) is 64.0 Å². The Morgan fingerprint density at radius 1 is 1.30 bits per heavy atom. The summed E-state index contributed by atoms with van der Waals surface area (Å²) in [6.45, 7) is 1.17. The van der Waals surface area contributed by atoms with Crippen LogP contribution in [0.2, 0.25) is 0 Å². The molecule has 3 rings (SSSR count). The van der Waals surface area contributed by atoms with E-state index in [9.17, 15) is 9.18 Å². The van der Waals surface area contributed by atoms with Crippen molar-refractivity contribution in [2.24, 2.45) is 0 Å². The van der Waals surface area contributed by atoms with E-state index in [4.69, 9.17) is 4.42 Å². The Morgan fingerprint density at radius 3 is 2.96 bits per heavy atom. The molecule has 3 aromatic rings. The van der Waals surface area contributed by atoms with E-state index in [1.165, 1.54) is 18.2 Å². The van der Waals surface area contributed by atoms with E-state index in [0.717, 1.165) is 24.9 Å². The first kappa shape index (κ1) is 16.9. The van der Waals surface area contributed by atoms with E-state index in [0.29, 0.717) is 23.1 Å². The highest BCUT2D eigenvalue weighted by atomic mass is 19.1. The van der Waals surface area contributed by atoms with Crippen molar-refractivity contribution in [3.8, 4) is 0 Å². The van der Waals surface area contributed by atoms with Crippen molar-refractivity contribution >= 4 is 11.0 Å². The molecule has 23 heavy (non-hydrogen) atoms. The van der Waals surface area contributed by atoms with Gasteiger partial charge in [-0.1, -0.05) is 0 Å². The lowest BCUT2D eigenvalue weighted by atomic mass is 10.1. The predicted molar refractivity (Wildman–Crippen MR) is 84.7 cm³/mol. The van der Waals surface area contributed by atoms with Gasteiger partial charge in [0.2, 0.25) is 0 Å². The Morgan fingerprint density at radius 2 is 2.17 bits per heavy atom. The van der Waals surface area contributed by atoms with Gasteiger partial charge in [0.25, 0.3) is 0 Å². The lowest BCUT2D eigenvalue weighted by molar-refractivity contribution is 0.538. The van der Waals surface area contributed by atoms with Crippen molar-refractivity contribution in [1.29, 1.82) is 0 Å². The maximum Gasteiger partial charge on any atom is 0.340 e. The van der Waals surface area contributed by atoms with Gasteiger partial charge in [0.1, 0.15) is 11.4 Å². The van der Waals surface area contributed by atoms with Gasteiger partial charge in [0.15, 0.2) is 0 Å². The molecule has 0 radical (unpaired) electrons. The second-order valence-electron chi connectivity index (χ2n) is 5.13. The summed E-state index contributed by atoms with van der Waals surface area (Å²) >= 11 is 0. The van der Waals surface area contributed by atoms with Crippen molar-refractivity contribution < 1.29 is 14.3 Å². The van der Waals surface area contributed by atoms with Gasteiger partial charge in [-0.2, -0.15) is 5.10 Å². The zero-order valence-electron chi connectivity index (χ0n) is 12.4. The lowest BCUT2D eigenvalue weighted by Crippen LogP contribution is -2.20. The van der Waals surface area contributed by atoms with Crippen LogP contribution in [-0.4, -0.2) is 22.2 Å². The van der Waals surface area contributed by atoms with Gasteiger partial charge in [-0.25, -0.2) is 9.18 Å². The molecule has 4 N–H and O–H groups in total. The summed E-state index contributed by atoms with van der Waals surface area (Å²) < 4.78 is 18.4. The number of aromatic amines is 1. The third-order valence-electron chi connectivity index (χ3n) is 3.46. The second-order valence-corrected chi connectivity index (χ2v) is 5.13. The molecule has 1 aromatic carbocycles. The number of nitrogens with zero attached hydrogens (tertiary/aromatic N) is 1. The average molecular weight is 319 g/mol. The summed E-state index contributed by atoms with van der Waals surface area (Å²) in [7, 11) is 0. The normalized spacial score (nSPS) is 10.7. The molecule has 0 unspecified atom stereocenters. The Kier molecular flexibility index (Phi) is 5.61. The number of halogens is 1. The first-order valence-electron chi connectivity index (χ1n) is 7.13. The van der Waals surface area contributed by atoms with Crippen molar-refractivity contribution in [3.63, 3.8) is 0 Å². The average Bonchev–Trinajstić information content (AvgIpc) is 3.01. The zero-order chi connectivity index (χ0) is 15.4. The number of hydrogen-bond acceptors (Lipinski definition) is 4. The summed E-state index contributed by atoms with van der Waals surface area (Å²) in [5.74, 6) is -0.347. The van der Waals surface area contributed by atoms with Crippen LogP contribution in [0.15, 0.2) is 45.9 Å². The molecule has 0 saturated heterocycles. The SMILES string of the molecule is O.O=c1oc2ccc(F)cc2cc1CNCCCc1cn[nH]c1. The van der Waals surface area contributed by atoms with Crippen LogP contribution in [0.3, 0.4) is 0 Å². The highest BCUT2D eigenvalue weighted by Crippen LogP contribution is 2.14. The molecule has 0 atom stereocenters. The molecule has 0 aliphatic carbocycles. The number of H-pyrrole nitrogens is 1. The molecular weight excluding hydrogens is 301 g/mol. The molecule has 0 aliphatic heterocycles. The number of aromatic nitrogens is 2. The van der Waals surface area contributed by atoms with Gasteiger partial charge in [-0.3, -0.25) is 5.10 Å². The molecule has 2 aromatic heterocycles. The molecule has 0 fully saturated rings. The van der Waals surface area contributed by atoms with E-state index in [1.807, 2.05) is 6.20 Å². The Hall–Kier alpha value is -2.51. The van der Waals surface area contributed by atoms with Crippen LogP contribution in [0.1, 0.15) is 17.5 Å². The molecule has 2 heterocycles. The Balaban J connectivity index is 0.00000192. The Labute approximate surface area is 131 Å². The summed E-state index contributed by atoms with van der Waals surface area (Å²) in [5, 5.41) is 10.4. The first-order chi connectivity index (χ1) is 10.7. The number of fused-ring (bicyclic) bond motifs is 1. The number of rotatable bonds is 6. The van der Waals surface area contributed by atoms with Crippen LogP contribution in [0.5, 0.6) is 0 Å². The minimum Gasteiger partial charge on any atom is -0.422 e. The van der Waals surface area contributed by atoms with Crippen LogP contribution in [0, 0.1) is 5.82 Å². The van der Waals surface area contributed by atoms with Gasteiger partial charge in [0, 0.05) is 18.1 Å². The zero-order valence-corrected chi connectivity index (χ0v) is 12.4. The lowest BCUT2D eigenvalue weighted by Gasteiger charge is -2.05. The molecule has 6 nitrogen and oxygen atoms in total. The highest BCUT2D eigenvalue weighted by Gasteiger charge is 2.06. The largest absolute Gasteiger partial charge is 0.422 e. The molecule has 0 spiro atoms. The van der Waals surface area contributed by atoms with E-state index in [1.54, 1.807) is 12.3 Å². The van der Waals surface area contributed by atoms with Crippen molar-refractivity contribution in [2.45, 2.75) is 19.4 Å². The summed E-state index contributed by atoms with van der Waals surface area (Å²) in [6.07, 6.45) is 5.52. The number of benzene rings is 1. The monoisotopic (exact) mass is 319 g/mol. The molecular formula is C16H18FN3O3. The minimum atomic E-state index is -0.388. The smallest absolute Gasteiger partial charge is 0.340 e. The fourth-order valence-electron chi connectivity index (χ4n) is 2.32. The summed E-state index contributed by atoms with van der Waals surface area (Å²) in [6, 6.07) is 5.78. The van der Waals surface area contributed by atoms with Crippen LogP contribution in [0.4, 0.5) is 4.39 Å². The van der Waals surface area contributed by atoms with E-state index in [2.05, 4.69) is 15.5 Å². The molecule has 7 heteroatoms. The third kappa shape index (κ3) is 4.24. The third-order valence-corrected chi connectivity index (χ3v) is 3.46. The molecule has 122 valence electrons. The molecule has 0 bridgehead atoms. The van der Waals surface area contributed by atoms with Gasteiger partial charge >= 0.3 is 5.63 Å². The molecule has 0 aliphatic rings. The first-order valence-corrected chi connectivity index (χ1v) is 7.13. The minimum absolute atomic E-state index is 0. The second kappa shape index (κ2) is 7.66. The molecule has 0 saturated carbocycles. The quantitative estimate of drug-likeness (QED) is 0.531. The molecule has 0 amide bonds. The topological polar surface area (TPSA) is 102 Å². The summed E-state index contributed by atoms with van der Waals surface area (Å²) in [5.41, 5.74) is 1.67. The van der Waals surface area contributed by atoms with Gasteiger partial charge < -0.3 is 15.2 Å². The fourth-order valence-corrected chi connectivity index (χ4v) is 2.32. The fraction of sp³-hybridized carbons (Fsp3) is 0.250. The van der Waals surface area contributed by atoms with Crippen LogP contribution >= 0.6 is 0 Å². The van der Waals surface area contributed by atoms with E-state index >= 15 is 0 Å². The summed E-state index contributed by atoms with van der Waals surface area (Å²) in [4.78, 5) is 11.9.